The molecule has 1 N–H and O–H groups in total. The van der Waals surface area contributed by atoms with Gasteiger partial charge in [-0.05, 0) is 36.3 Å². The summed E-state index contributed by atoms with van der Waals surface area (Å²) < 4.78 is 0. The van der Waals surface area contributed by atoms with E-state index in [1.165, 1.54) is 56.3 Å². The highest BCUT2D eigenvalue weighted by Crippen LogP contribution is 2.21. The van der Waals surface area contributed by atoms with Gasteiger partial charge in [0.25, 0.3) is 0 Å². The number of hydrogen-bond donors (Lipinski definition) is 1. The fraction of sp³-hybridized carbons (Fsp3) is 0.647. The zero-order chi connectivity index (χ0) is 13.9. The molecule has 0 atom stereocenters. The predicted molar refractivity (Wildman–Crippen MR) is 87.0 cm³/mol. The van der Waals surface area contributed by atoms with Gasteiger partial charge in [0.05, 0.1) is 0 Å². The quantitative estimate of drug-likeness (QED) is 0.556. The molecule has 0 spiro atoms. The van der Waals surface area contributed by atoms with E-state index < -0.39 is 0 Å². The van der Waals surface area contributed by atoms with Gasteiger partial charge in [0.2, 0.25) is 0 Å². The molecule has 0 aliphatic rings. The number of phenols is 1. The summed E-state index contributed by atoms with van der Waals surface area (Å²) in [6.45, 7) is 4.22. The molecule has 0 saturated heterocycles. The highest BCUT2D eigenvalue weighted by Gasteiger charge is 1.98. The average molecular weight is 280 g/mol. The number of rotatable bonds is 10. The van der Waals surface area contributed by atoms with Crippen molar-refractivity contribution in [3.63, 3.8) is 0 Å². The van der Waals surface area contributed by atoms with Gasteiger partial charge in [-0.1, -0.05) is 57.6 Å². The average Bonchev–Trinajstić information content (AvgIpc) is 2.41. The minimum atomic E-state index is 0.404. The van der Waals surface area contributed by atoms with Crippen molar-refractivity contribution in [2.24, 2.45) is 0 Å². The van der Waals surface area contributed by atoms with E-state index in [2.05, 4.69) is 13.0 Å². The van der Waals surface area contributed by atoms with Crippen LogP contribution in [0.3, 0.4) is 0 Å². The Morgan fingerprint density at radius 3 is 2.37 bits per heavy atom. The summed E-state index contributed by atoms with van der Waals surface area (Å²) in [7, 11) is 0. The van der Waals surface area contributed by atoms with Crippen molar-refractivity contribution in [1.82, 2.24) is 0 Å². The van der Waals surface area contributed by atoms with Crippen LogP contribution in [0.15, 0.2) is 18.2 Å². The van der Waals surface area contributed by atoms with Gasteiger partial charge in [0, 0.05) is 5.75 Å². The number of thioether (sulfide) groups is 1. The summed E-state index contributed by atoms with van der Waals surface area (Å²) in [5.74, 6) is 2.73. The third kappa shape index (κ3) is 7.51. The first-order valence-electron chi connectivity index (χ1n) is 7.60. The van der Waals surface area contributed by atoms with E-state index in [1.54, 1.807) is 6.07 Å². The molecule has 0 amide bonds. The zero-order valence-electron chi connectivity index (χ0n) is 12.5. The first kappa shape index (κ1) is 16.4. The van der Waals surface area contributed by atoms with Crippen molar-refractivity contribution in [3.05, 3.63) is 29.3 Å². The molecule has 0 aliphatic heterocycles. The maximum absolute atomic E-state index is 9.47. The van der Waals surface area contributed by atoms with Crippen LogP contribution in [0.1, 0.15) is 63.0 Å². The van der Waals surface area contributed by atoms with Gasteiger partial charge in [-0.3, -0.25) is 0 Å². The standard InChI is InChI=1S/C17H28OS/c1-3-4-5-6-7-8-9-12-19-14-16-10-11-17(18)15(2)13-16/h10-11,13,18H,3-9,12,14H2,1-2H3. The van der Waals surface area contributed by atoms with Gasteiger partial charge >= 0.3 is 0 Å². The fourth-order valence-electron chi connectivity index (χ4n) is 2.16. The first-order valence-corrected chi connectivity index (χ1v) is 8.75. The van der Waals surface area contributed by atoms with Crippen molar-refractivity contribution in [2.75, 3.05) is 5.75 Å². The Morgan fingerprint density at radius 1 is 1.00 bits per heavy atom. The molecule has 0 fully saturated rings. The van der Waals surface area contributed by atoms with Gasteiger partial charge in [-0.25, -0.2) is 0 Å². The maximum atomic E-state index is 9.47. The SMILES string of the molecule is CCCCCCCCCSCc1ccc(O)c(C)c1. The summed E-state index contributed by atoms with van der Waals surface area (Å²) in [6, 6.07) is 5.92. The van der Waals surface area contributed by atoms with Crippen LogP contribution < -0.4 is 0 Å². The van der Waals surface area contributed by atoms with Crippen molar-refractivity contribution in [3.8, 4) is 5.75 Å². The zero-order valence-corrected chi connectivity index (χ0v) is 13.3. The normalized spacial score (nSPS) is 10.8. The second-order valence-electron chi connectivity index (χ2n) is 5.29. The second-order valence-corrected chi connectivity index (χ2v) is 6.40. The van der Waals surface area contributed by atoms with Crippen molar-refractivity contribution < 1.29 is 5.11 Å². The Kier molecular flexibility index (Phi) is 8.81. The maximum Gasteiger partial charge on any atom is 0.118 e. The summed E-state index contributed by atoms with van der Waals surface area (Å²) >= 11 is 2.01. The van der Waals surface area contributed by atoms with Crippen LogP contribution in [0, 0.1) is 6.92 Å². The Bertz CT molecular complexity index is 349. The van der Waals surface area contributed by atoms with E-state index in [-0.39, 0.29) is 0 Å². The van der Waals surface area contributed by atoms with Crippen LogP contribution >= 0.6 is 11.8 Å². The summed E-state index contributed by atoms with van der Waals surface area (Å²) in [6.07, 6.45) is 9.68. The number of phenolic OH excluding ortho intramolecular Hbond substituents is 1. The van der Waals surface area contributed by atoms with Crippen LogP contribution in [0.4, 0.5) is 0 Å². The van der Waals surface area contributed by atoms with Crippen LogP contribution in [0.2, 0.25) is 0 Å². The summed E-state index contributed by atoms with van der Waals surface area (Å²) in [4.78, 5) is 0. The Morgan fingerprint density at radius 2 is 1.68 bits per heavy atom. The summed E-state index contributed by atoms with van der Waals surface area (Å²) in [5.41, 5.74) is 2.30. The van der Waals surface area contributed by atoms with Crippen LogP contribution in [-0.2, 0) is 5.75 Å². The number of unbranched alkanes of at least 4 members (excludes halogenated alkanes) is 6. The molecule has 0 radical (unpaired) electrons. The monoisotopic (exact) mass is 280 g/mol. The lowest BCUT2D eigenvalue weighted by Crippen LogP contribution is -1.86. The minimum absolute atomic E-state index is 0.404. The number of aromatic hydroxyl groups is 1. The van der Waals surface area contributed by atoms with Crippen LogP contribution in [0.25, 0.3) is 0 Å². The molecule has 108 valence electrons. The smallest absolute Gasteiger partial charge is 0.118 e. The molecule has 0 unspecified atom stereocenters. The number of hydrogen-bond acceptors (Lipinski definition) is 2. The molecular weight excluding hydrogens is 252 g/mol. The second kappa shape index (κ2) is 10.2. The van der Waals surface area contributed by atoms with Crippen molar-refractivity contribution in [1.29, 1.82) is 0 Å². The lowest BCUT2D eigenvalue weighted by Gasteiger charge is -2.05. The molecule has 2 heteroatoms. The van der Waals surface area contributed by atoms with E-state index >= 15 is 0 Å². The van der Waals surface area contributed by atoms with Gasteiger partial charge in [0.15, 0.2) is 0 Å². The summed E-state index contributed by atoms with van der Waals surface area (Å²) in [5, 5.41) is 9.47. The van der Waals surface area contributed by atoms with Gasteiger partial charge in [0.1, 0.15) is 5.75 Å². The molecule has 0 saturated carbocycles. The third-order valence-electron chi connectivity index (χ3n) is 3.42. The van der Waals surface area contributed by atoms with Crippen molar-refractivity contribution >= 4 is 11.8 Å². The minimum Gasteiger partial charge on any atom is -0.508 e. The molecule has 0 heterocycles. The molecule has 0 aromatic heterocycles. The molecule has 1 aromatic rings. The van der Waals surface area contributed by atoms with E-state index in [4.69, 9.17) is 0 Å². The van der Waals surface area contributed by atoms with Crippen molar-refractivity contribution in [2.45, 2.75) is 64.5 Å². The fourth-order valence-corrected chi connectivity index (χ4v) is 3.13. The Balaban J connectivity index is 2.00. The van der Waals surface area contributed by atoms with E-state index in [0.29, 0.717) is 5.75 Å². The number of benzene rings is 1. The van der Waals surface area contributed by atoms with Gasteiger partial charge in [-0.2, -0.15) is 11.8 Å². The largest absolute Gasteiger partial charge is 0.508 e. The predicted octanol–water partition coefficient (Wildman–Crippen LogP) is 5.68. The highest BCUT2D eigenvalue weighted by molar-refractivity contribution is 7.98. The molecule has 19 heavy (non-hydrogen) atoms. The Hall–Kier alpha value is -0.630. The molecule has 0 aliphatic carbocycles. The third-order valence-corrected chi connectivity index (χ3v) is 4.54. The van der Waals surface area contributed by atoms with E-state index in [9.17, 15) is 5.11 Å². The van der Waals surface area contributed by atoms with Crippen LogP contribution in [-0.4, -0.2) is 10.9 Å². The highest BCUT2D eigenvalue weighted by atomic mass is 32.2. The van der Waals surface area contributed by atoms with E-state index in [0.717, 1.165) is 11.3 Å². The Labute approximate surface area is 122 Å². The first-order chi connectivity index (χ1) is 9.24. The molecule has 1 nitrogen and oxygen atoms in total. The molecular formula is C17H28OS. The lowest BCUT2D eigenvalue weighted by atomic mass is 10.1. The number of aryl methyl sites for hydroxylation is 1. The van der Waals surface area contributed by atoms with Gasteiger partial charge < -0.3 is 5.11 Å². The molecule has 1 aromatic carbocycles. The molecule has 0 bridgehead atoms. The van der Waals surface area contributed by atoms with Crippen LogP contribution in [0.5, 0.6) is 5.75 Å². The van der Waals surface area contributed by atoms with Gasteiger partial charge in [-0.15, -0.1) is 0 Å². The van der Waals surface area contributed by atoms with E-state index in [1.807, 2.05) is 24.8 Å². The lowest BCUT2D eigenvalue weighted by molar-refractivity contribution is 0.471. The molecule has 1 rings (SSSR count). The topological polar surface area (TPSA) is 20.2 Å².